The summed E-state index contributed by atoms with van der Waals surface area (Å²) in [4.78, 5) is 15.9. The molecule has 0 atom stereocenters. The van der Waals surface area contributed by atoms with Crippen LogP contribution in [0.25, 0.3) is 0 Å². The fourth-order valence-electron chi connectivity index (χ4n) is 1.50. The molecule has 0 aliphatic heterocycles. The van der Waals surface area contributed by atoms with Gasteiger partial charge in [0.05, 0.1) is 10.6 Å². The van der Waals surface area contributed by atoms with E-state index in [2.05, 4.69) is 4.98 Å². The van der Waals surface area contributed by atoms with Gasteiger partial charge in [-0.25, -0.2) is 9.37 Å². The second-order valence-electron chi connectivity index (χ2n) is 3.65. The average molecular weight is 266 g/mol. The Bertz CT molecular complexity index is 577. The molecule has 0 saturated heterocycles. The minimum Gasteiger partial charge on any atom is -0.398 e. The normalized spacial score (nSPS) is 10.3. The van der Waals surface area contributed by atoms with Gasteiger partial charge in [-0.1, -0.05) is 11.6 Å². The SMILES string of the molecule is Nc1ccc(F)cc1C(=O)c1cc(Cl)cnc1N. The molecule has 0 saturated carbocycles. The van der Waals surface area contributed by atoms with Gasteiger partial charge in [0, 0.05) is 17.4 Å². The van der Waals surface area contributed by atoms with E-state index in [1.807, 2.05) is 0 Å². The summed E-state index contributed by atoms with van der Waals surface area (Å²) in [7, 11) is 0. The van der Waals surface area contributed by atoms with Gasteiger partial charge in [-0.3, -0.25) is 4.79 Å². The number of nitrogen functional groups attached to an aromatic ring is 2. The molecule has 2 rings (SSSR count). The highest BCUT2D eigenvalue weighted by molar-refractivity contribution is 6.31. The number of rotatable bonds is 2. The Morgan fingerprint density at radius 3 is 2.67 bits per heavy atom. The molecule has 1 heterocycles. The Hall–Kier alpha value is -2.14. The van der Waals surface area contributed by atoms with Gasteiger partial charge in [0.15, 0.2) is 5.78 Å². The van der Waals surface area contributed by atoms with Crippen LogP contribution in [-0.4, -0.2) is 10.8 Å². The highest BCUT2D eigenvalue weighted by Gasteiger charge is 2.17. The molecule has 1 aromatic carbocycles. The highest BCUT2D eigenvalue weighted by Crippen LogP contribution is 2.22. The first-order chi connectivity index (χ1) is 8.49. The Labute approximate surface area is 107 Å². The zero-order valence-electron chi connectivity index (χ0n) is 9.15. The van der Waals surface area contributed by atoms with Crippen LogP contribution in [0.1, 0.15) is 15.9 Å². The molecule has 0 aliphatic rings. The summed E-state index contributed by atoms with van der Waals surface area (Å²) in [6.07, 6.45) is 1.32. The Morgan fingerprint density at radius 2 is 1.94 bits per heavy atom. The van der Waals surface area contributed by atoms with Gasteiger partial charge in [0.1, 0.15) is 11.6 Å². The standard InChI is InChI=1S/C12H9ClFN3O/c13-6-3-9(12(16)17-5-6)11(18)8-4-7(14)1-2-10(8)15/h1-5H,15H2,(H2,16,17). The molecule has 0 amide bonds. The van der Waals surface area contributed by atoms with Crippen molar-refractivity contribution in [2.24, 2.45) is 0 Å². The summed E-state index contributed by atoms with van der Waals surface area (Å²) < 4.78 is 13.1. The number of hydrogen-bond acceptors (Lipinski definition) is 4. The first-order valence-corrected chi connectivity index (χ1v) is 5.37. The minimum atomic E-state index is -0.555. The molecular weight excluding hydrogens is 257 g/mol. The third-order valence-electron chi connectivity index (χ3n) is 2.39. The van der Waals surface area contributed by atoms with Crippen LogP contribution < -0.4 is 11.5 Å². The smallest absolute Gasteiger partial charge is 0.198 e. The summed E-state index contributed by atoms with van der Waals surface area (Å²) in [5.74, 6) is -1.05. The third-order valence-corrected chi connectivity index (χ3v) is 2.60. The number of carbonyl (C=O) groups excluding carboxylic acids is 1. The number of carbonyl (C=O) groups is 1. The molecular formula is C12H9ClFN3O. The number of aromatic nitrogens is 1. The van der Waals surface area contributed by atoms with Crippen LogP contribution in [0.5, 0.6) is 0 Å². The average Bonchev–Trinajstić information content (AvgIpc) is 2.34. The maximum Gasteiger partial charge on any atom is 0.198 e. The highest BCUT2D eigenvalue weighted by atomic mass is 35.5. The van der Waals surface area contributed by atoms with E-state index in [0.717, 1.165) is 6.07 Å². The van der Waals surface area contributed by atoms with Crippen LogP contribution in [0.2, 0.25) is 5.02 Å². The van der Waals surface area contributed by atoms with E-state index in [0.29, 0.717) is 0 Å². The Balaban J connectivity index is 2.54. The van der Waals surface area contributed by atoms with Gasteiger partial charge in [0.25, 0.3) is 0 Å². The van der Waals surface area contributed by atoms with Crippen LogP contribution in [0.15, 0.2) is 30.5 Å². The van der Waals surface area contributed by atoms with E-state index in [4.69, 9.17) is 23.1 Å². The van der Waals surface area contributed by atoms with Crippen molar-refractivity contribution in [3.63, 3.8) is 0 Å². The molecule has 0 fully saturated rings. The van der Waals surface area contributed by atoms with Crippen molar-refractivity contribution >= 4 is 28.9 Å². The molecule has 0 unspecified atom stereocenters. The molecule has 0 radical (unpaired) electrons. The largest absolute Gasteiger partial charge is 0.398 e. The lowest BCUT2D eigenvalue weighted by molar-refractivity contribution is 0.103. The van der Waals surface area contributed by atoms with E-state index < -0.39 is 11.6 Å². The van der Waals surface area contributed by atoms with E-state index >= 15 is 0 Å². The monoisotopic (exact) mass is 265 g/mol. The lowest BCUT2D eigenvalue weighted by atomic mass is 10.0. The lowest BCUT2D eigenvalue weighted by Crippen LogP contribution is -2.09. The van der Waals surface area contributed by atoms with Crippen molar-refractivity contribution in [1.29, 1.82) is 0 Å². The summed E-state index contributed by atoms with van der Waals surface area (Å²) >= 11 is 5.74. The van der Waals surface area contributed by atoms with Crippen molar-refractivity contribution in [3.8, 4) is 0 Å². The molecule has 1 aromatic heterocycles. The van der Waals surface area contributed by atoms with E-state index in [9.17, 15) is 9.18 Å². The maximum absolute atomic E-state index is 13.1. The summed E-state index contributed by atoms with van der Waals surface area (Å²) in [6.45, 7) is 0. The van der Waals surface area contributed by atoms with Gasteiger partial charge < -0.3 is 11.5 Å². The summed E-state index contributed by atoms with van der Waals surface area (Å²) in [5.41, 5.74) is 11.5. The fraction of sp³-hybridized carbons (Fsp3) is 0. The van der Waals surface area contributed by atoms with E-state index in [-0.39, 0.29) is 27.7 Å². The summed E-state index contributed by atoms with van der Waals surface area (Å²) in [6, 6.07) is 4.91. The van der Waals surface area contributed by atoms with Gasteiger partial charge >= 0.3 is 0 Å². The zero-order chi connectivity index (χ0) is 13.3. The number of ketones is 1. The third kappa shape index (κ3) is 2.26. The van der Waals surface area contributed by atoms with Crippen LogP contribution in [-0.2, 0) is 0 Å². The van der Waals surface area contributed by atoms with Crippen molar-refractivity contribution in [2.45, 2.75) is 0 Å². The molecule has 0 spiro atoms. The van der Waals surface area contributed by atoms with Gasteiger partial charge in [0.2, 0.25) is 0 Å². The van der Waals surface area contributed by atoms with Crippen molar-refractivity contribution in [2.75, 3.05) is 11.5 Å². The Kier molecular flexibility index (Phi) is 3.16. The van der Waals surface area contributed by atoms with Crippen LogP contribution >= 0.6 is 11.6 Å². The van der Waals surface area contributed by atoms with Crippen molar-refractivity contribution in [3.05, 3.63) is 52.4 Å². The first-order valence-electron chi connectivity index (χ1n) is 5.00. The van der Waals surface area contributed by atoms with Gasteiger partial charge in [-0.05, 0) is 24.3 Å². The molecule has 0 aliphatic carbocycles. The van der Waals surface area contributed by atoms with E-state index in [1.54, 1.807) is 0 Å². The predicted molar refractivity (Wildman–Crippen MR) is 67.9 cm³/mol. The van der Waals surface area contributed by atoms with Gasteiger partial charge in [-0.2, -0.15) is 0 Å². The topological polar surface area (TPSA) is 82.0 Å². The summed E-state index contributed by atoms with van der Waals surface area (Å²) in [5, 5.41) is 0.266. The predicted octanol–water partition coefficient (Wildman–Crippen LogP) is 2.27. The zero-order valence-corrected chi connectivity index (χ0v) is 9.91. The molecule has 0 bridgehead atoms. The van der Waals surface area contributed by atoms with Crippen molar-refractivity contribution in [1.82, 2.24) is 4.98 Å². The number of anilines is 2. The molecule has 18 heavy (non-hydrogen) atoms. The van der Waals surface area contributed by atoms with Gasteiger partial charge in [-0.15, -0.1) is 0 Å². The molecule has 92 valence electrons. The lowest BCUT2D eigenvalue weighted by Gasteiger charge is -2.07. The minimum absolute atomic E-state index is 0.0214. The first kappa shape index (κ1) is 12.3. The number of hydrogen-bond donors (Lipinski definition) is 2. The van der Waals surface area contributed by atoms with E-state index in [1.165, 1.54) is 24.4 Å². The number of halogens is 2. The second kappa shape index (κ2) is 4.62. The number of benzene rings is 1. The maximum atomic E-state index is 13.1. The molecule has 6 heteroatoms. The quantitative estimate of drug-likeness (QED) is 0.645. The molecule has 4 nitrogen and oxygen atoms in total. The molecule has 4 N–H and O–H groups in total. The van der Waals surface area contributed by atoms with Crippen LogP contribution in [0.3, 0.4) is 0 Å². The van der Waals surface area contributed by atoms with Crippen LogP contribution in [0.4, 0.5) is 15.9 Å². The van der Waals surface area contributed by atoms with Crippen molar-refractivity contribution < 1.29 is 9.18 Å². The fourth-order valence-corrected chi connectivity index (χ4v) is 1.66. The number of nitrogens with zero attached hydrogens (tertiary/aromatic N) is 1. The van der Waals surface area contributed by atoms with Crippen LogP contribution in [0, 0.1) is 5.82 Å². The second-order valence-corrected chi connectivity index (χ2v) is 4.08. The Morgan fingerprint density at radius 1 is 1.22 bits per heavy atom. The number of pyridine rings is 1. The number of nitrogens with two attached hydrogens (primary N) is 2. The molecule has 2 aromatic rings.